The normalized spacial score (nSPS) is 15.4. The minimum atomic E-state index is -0.0477. The van der Waals surface area contributed by atoms with Crippen molar-refractivity contribution in [2.24, 2.45) is 5.73 Å². The molecular weight excluding hydrogens is 326 g/mol. The second kappa shape index (κ2) is 6.43. The predicted octanol–water partition coefficient (Wildman–Crippen LogP) is 2.52. The Morgan fingerprint density at radius 1 is 1.47 bits per heavy atom. The van der Waals surface area contributed by atoms with E-state index in [2.05, 4.69) is 20.9 Å². The van der Waals surface area contributed by atoms with Crippen LogP contribution in [0.15, 0.2) is 22.9 Å². The van der Waals surface area contributed by atoms with E-state index >= 15 is 0 Å². The lowest BCUT2D eigenvalue weighted by molar-refractivity contribution is 0.0714. The van der Waals surface area contributed by atoms with Gasteiger partial charge in [0.15, 0.2) is 0 Å². The van der Waals surface area contributed by atoms with Crippen LogP contribution < -0.4 is 5.73 Å². The van der Waals surface area contributed by atoms with E-state index in [4.69, 9.17) is 18.0 Å². The smallest absolute Gasteiger partial charge is 0.256 e. The van der Waals surface area contributed by atoms with Gasteiger partial charge in [0.25, 0.3) is 5.91 Å². The number of carbonyl (C=O) groups excluding carboxylic acids is 1. The molecule has 0 saturated heterocycles. The van der Waals surface area contributed by atoms with Crippen molar-refractivity contribution in [2.45, 2.75) is 31.7 Å². The van der Waals surface area contributed by atoms with E-state index < -0.39 is 0 Å². The Morgan fingerprint density at radius 2 is 2.16 bits per heavy atom. The van der Waals surface area contributed by atoms with Crippen molar-refractivity contribution in [3.05, 3.63) is 28.5 Å². The van der Waals surface area contributed by atoms with Gasteiger partial charge in [-0.3, -0.25) is 9.78 Å². The highest BCUT2D eigenvalue weighted by Gasteiger charge is 2.28. The SMILES string of the molecule is NC(=S)CN(C(=O)c1cncc(Br)c1)C1CCCC1. The molecule has 1 aliphatic rings. The van der Waals surface area contributed by atoms with Crippen LogP contribution in [0.2, 0.25) is 0 Å². The van der Waals surface area contributed by atoms with Crippen molar-refractivity contribution >= 4 is 39.0 Å². The zero-order valence-corrected chi connectivity index (χ0v) is 12.9. The van der Waals surface area contributed by atoms with E-state index in [1.54, 1.807) is 23.4 Å². The highest BCUT2D eigenvalue weighted by Crippen LogP contribution is 2.25. The number of hydrogen-bond donors (Lipinski definition) is 1. The fourth-order valence-electron chi connectivity index (χ4n) is 2.45. The lowest BCUT2D eigenvalue weighted by Gasteiger charge is -2.28. The van der Waals surface area contributed by atoms with E-state index in [0.717, 1.165) is 30.2 Å². The number of hydrogen-bond acceptors (Lipinski definition) is 3. The number of nitrogens with two attached hydrogens (primary N) is 1. The van der Waals surface area contributed by atoms with E-state index in [1.165, 1.54) is 0 Å². The highest BCUT2D eigenvalue weighted by molar-refractivity contribution is 9.10. The maximum atomic E-state index is 12.6. The largest absolute Gasteiger partial charge is 0.392 e. The van der Waals surface area contributed by atoms with Gasteiger partial charge in [-0.2, -0.15) is 0 Å². The number of halogens is 1. The average molecular weight is 342 g/mol. The molecule has 19 heavy (non-hydrogen) atoms. The van der Waals surface area contributed by atoms with Crippen LogP contribution >= 0.6 is 28.1 Å². The van der Waals surface area contributed by atoms with Gasteiger partial charge in [0.2, 0.25) is 0 Å². The van der Waals surface area contributed by atoms with Crippen molar-refractivity contribution in [3.63, 3.8) is 0 Å². The maximum Gasteiger partial charge on any atom is 0.256 e. The highest BCUT2D eigenvalue weighted by atomic mass is 79.9. The molecule has 1 heterocycles. The number of amides is 1. The number of aromatic nitrogens is 1. The van der Waals surface area contributed by atoms with Gasteiger partial charge in [0.1, 0.15) is 0 Å². The third-order valence-corrected chi connectivity index (χ3v) is 3.87. The summed E-state index contributed by atoms with van der Waals surface area (Å²) in [4.78, 5) is 18.7. The Morgan fingerprint density at radius 3 is 2.74 bits per heavy atom. The molecule has 1 aliphatic carbocycles. The molecule has 0 atom stereocenters. The van der Waals surface area contributed by atoms with Gasteiger partial charge in [-0.05, 0) is 34.8 Å². The summed E-state index contributed by atoms with van der Waals surface area (Å²) in [6, 6.07) is 2.02. The van der Waals surface area contributed by atoms with Crippen LogP contribution in [0.25, 0.3) is 0 Å². The van der Waals surface area contributed by atoms with E-state index in [0.29, 0.717) is 17.1 Å². The first-order valence-electron chi connectivity index (χ1n) is 6.28. The van der Waals surface area contributed by atoms with Gasteiger partial charge in [-0.25, -0.2) is 0 Å². The van der Waals surface area contributed by atoms with Crippen LogP contribution in [0.3, 0.4) is 0 Å². The van der Waals surface area contributed by atoms with Crippen molar-refractivity contribution in [2.75, 3.05) is 6.54 Å². The predicted molar refractivity (Wildman–Crippen MR) is 82.0 cm³/mol. The van der Waals surface area contributed by atoms with Gasteiger partial charge in [-0.15, -0.1) is 0 Å². The van der Waals surface area contributed by atoms with Crippen molar-refractivity contribution in [3.8, 4) is 0 Å². The average Bonchev–Trinajstić information content (AvgIpc) is 2.88. The monoisotopic (exact) mass is 341 g/mol. The van der Waals surface area contributed by atoms with Crippen molar-refractivity contribution in [1.29, 1.82) is 0 Å². The summed E-state index contributed by atoms with van der Waals surface area (Å²) in [6.45, 7) is 0.339. The third-order valence-electron chi connectivity index (χ3n) is 3.30. The van der Waals surface area contributed by atoms with Gasteiger partial charge < -0.3 is 10.6 Å². The first-order chi connectivity index (χ1) is 9.08. The molecule has 2 rings (SSSR count). The minimum Gasteiger partial charge on any atom is -0.392 e. The number of thiocarbonyl (C=S) groups is 1. The standard InChI is InChI=1S/C13H16BrN3OS/c14-10-5-9(6-16-7-10)13(18)17(8-12(15)19)11-3-1-2-4-11/h5-7,11H,1-4,8H2,(H2,15,19). The third kappa shape index (κ3) is 3.73. The van der Waals surface area contributed by atoms with E-state index in [1.807, 2.05) is 0 Å². The van der Waals surface area contributed by atoms with Crippen LogP contribution in [0, 0.1) is 0 Å². The summed E-state index contributed by atoms with van der Waals surface area (Å²) in [6.07, 6.45) is 7.59. The lowest BCUT2D eigenvalue weighted by Crippen LogP contribution is -2.43. The summed E-state index contributed by atoms with van der Waals surface area (Å²) in [7, 11) is 0. The van der Waals surface area contributed by atoms with Crippen LogP contribution in [-0.4, -0.2) is 33.4 Å². The number of rotatable bonds is 4. The molecule has 4 nitrogen and oxygen atoms in total. The molecule has 2 N–H and O–H groups in total. The molecular formula is C13H16BrN3OS. The molecule has 1 fully saturated rings. The Balaban J connectivity index is 2.21. The minimum absolute atomic E-state index is 0.0477. The molecule has 1 amide bonds. The topological polar surface area (TPSA) is 59.2 Å². The number of nitrogens with zero attached hydrogens (tertiary/aromatic N) is 2. The lowest BCUT2D eigenvalue weighted by atomic mass is 10.1. The summed E-state index contributed by atoms with van der Waals surface area (Å²) >= 11 is 8.29. The molecule has 0 unspecified atom stereocenters. The molecule has 6 heteroatoms. The molecule has 102 valence electrons. The van der Waals surface area contributed by atoms with Crippen LogP contribution in [0.4, 0.5) is 0 Å². The maximum absolute atomic E-state index is 12.6. The Hall–Kier alpha value is -1.01. The zero-order chi connectivity index (χ0) is 13.8. The summed E-state index contributed by atoms with van der Waals surface area (Å²) < 4.78 is 0.792. The van der Waals surface area contributed by atoms with Crippen molar-refractivity contribution in [1.82, 2.24) is 9.88 Å². The molecule has 0 spiro atoms. The van der Waals surface area contributed by atoms with Gasteiger partial charge >= 0.3 is 0 Å². The van der Waals surface area contributed by atoms with Crippen LogP contribution in [-0.2, 0) is 0 Å². The summed E-state index contributed by atoms with van der Waals surface area (Å²) in [5.74, 6) is -0.0477. The number of carbonyl (C=O) groups is 1. The fraction of sp³-hybridized carbons (Fsp3) is 0.462. The zero-order valence-electron chi connectivity index (χ0n) is 10.5. The molecule has 1 aromatic heterocycles. The molecule has 1 aromatic rings. The fourth-order valence-corrected chi connectivity index (χ4v) is 2.95. The van der Waals surface area contributed by atoms with Gasteiger partial charge in [0.05, 0.1) is 17.1 Å². The molecule has 0 aliphatic heterocycles. The quantitative estimate of drug-likeness (QED) is 0.855. The molecule has 1 saturated carbocycles. The van der Waals surface area contributed by atoms with Gasteiger partial charge in [0, 0.05) is 22.9 Å². The van der Waals surface area contributed by atoms with Gasteiger partial charge in [-0.1, -0.05) is 25.1 Å². The van der Waals surface area contributed by atoms with E-state index in [9.17, 15) is 4.79 Å². The summed E-state index contributed by atoms with van der Waals surface area (Å²) in [5.41, 5.74) is 6.19. The molecule has 0 aromatic carbocycles. The first kappa shape index (κ1) is 14.4. The Kier molecular flexibility index (Phi) is 4.87. The summed E-state index contributed by atoms with van der Waals surface area (Å²) in [5, 5.41) is 0. The van der Waals surface area contributed by atoms with Crippen molar-refractivity contribution < 1.29 is 4.79 Å². The molecule has 0 bridgehead atoms. The van der Waals surface area contributed by atoms with Crippen LogP contribution in [0.5, 0.6) is 0 Å². The Labute approximate surface area is 126 Å². The number of pyridine rings is 1. The molecule has 0 radical (unpaired) electrons. The van der Waals surface area contributed by atoms with Crippen LogP contribution in [0.1, 0.15) is 36.0 Å². The van der Waals surface area contributed by atoms with E-state index in [-0.39, 0.29) is 11.9 Å². The Bertz CT molecular complexity index is 489. The second-order valence-corrected chi connectivity index (χ2v) is 6.17. The second-order valence-electron chi connectivity index (χ2n) is 4.73. The first-order valence-corrected chi connectivity index (χ1v) is 7.48.